The van der Waals surface area contributed by atoms with Gasteiger partial charge in [0, 0.05) is 41.8 Å². The molecular weight excluding hydrogens is 402 g/mol. The molecule has 1 aromatic heterocycles. The molecule has 1 fully saturated rings. The fourth-order valence-electron chi connectivity index (χ4n) is 4.00. The molecule has 4 rings (SSSR count). The quantitative estimate of drug-likeness (QED) is 0.582. The van der Waals surface area contributed by atoms with Crippen molar-refractivity contribution in [2.45, 2.75) is 18.6 Å². The van der Waals surface area contributed by atoms with E-state index in [-0.39, 0.29) is 29.1 Å². The lowest BCUT2D eigenvalue weighted by Gasteiger charge is -2.31. The number of nitrogens with zero attached hydrogens (tertiary/aromatic N) is 1. The van der Waals surface area contributed by atoms with Crippen molar-refractivity contribution >= 4 is 32.5 Å². The van der Waals surface area contributed by atoms with Gasteiger partial charge < -0.3 is 9.32 Å². The molecule has 0 saturated carbocycles. The average Bonchev–Trinajstić information content (AvgIpc) is 3.10. The summed E-state index contributed by atoms with van der Waals surface area (Å²) in [6.07, 6.45) is 2.28. The number of rotatable bonds is 5. The van der Waals surface area contributed by atoms with Crippen molar-refractivity contribution in [3.63, 3.8) is 0 Å². The Morgan fingerprint density at radius 2 is 1.63 bits per heavy atom. The van der Waals surface area contributed by atoms with Crippen molar-refractivity contribution in [2.24, 2.45) is 5.92 Å². The van der Waals surface area contributed by atoms with Crippen LogP contribution in [0.25, 0.3) is 11.0 Å². The van der Waals surface area contributed by atoms with Crippen LogP contribution in [-0.4, -0.2) is 44.4 Å². The second kappa shape index (κ2) is 8.07. The first-order valence-corrected chi connectivity index (χ1v) is 12.0. The molecule has 0 unspecified atom stereocenters. The monoisotopic (exact) mass is 425 g/mol. The number of benzene rings is 2. The normalized spacial score (nSPS) is 15.4. The van der Waals surface area contributed by atoms with E-state index in [0.29, 0.717) is 48.0 Å². The van der Waals surface area contributed by atoms with E-state index in [1.165, 1.54) is 0 Å². The molecule has 0 radical (unpaired) electrons. The summed E-state index contributed by atoms with van der Waals surface area (Å²) in [6.45, 7) is 0.856. The van der Waals surface area contributed by atoms with Gasteiger partial charge in [-0.25, -0.2) is 8.42 Å². The maximum atomic E-state index is 13.2. The second-order valence-electron chi connectivity index (χ2n) is 7.77. The Kier molecular flexibility index (Phi) is 5.47. The van der Waals surface area contributed by atoms with Crippen LogP contribution in [0.15, 0.2) is 59.0 Å². The topological polar surface area (TPSA) is 84.7 Å². The van der Waals surface area contributed by atoms with Crippen LogP contribution in [0.2, 0.25) is 0 Å². The van der Waals surface area contributed by atoms with E-state index in [0.717, 1.165) is 6.26 Å². The molecule has 0 N–H and O–H groups in total. The predicted octanol–water partition coefficient (Wildman–Crippen LogP) is 3.71. The maximum absolute atomic E-state index is 13.2. The summed E-state index contributed by atoms with van der Waals surface area (Å²) in [5.74, 6) is -0.523. The Bertz CT molecular complexity index is 1190. The van der Waals surface area contributed by atoms with Gasteiger partial charge in [-0.3, -0.25) is 9.59 Å². The largest absolute Gasteiger partial charge is 0.451 e. The van der Waals surface area contributed by atoms with Crippen LogP contribution in [0.5, 0.6) is 0 Å². The number of amides is 1. The molecule has 30 heavy (non-hydrogen) atoms. The minimum Gasteiger partial charge on any atom is -0.451 e. The molecule has 3 aromatic rings. The van der Waals surface area contributed by atoms with Crippen molar-refractivity contribution in [1.82, 2.24) is 4.90 Å². The summed E-state index contributed by atoms with van der Waals surface area (Å²) >= 11 is 0. The lowest BCUT2D eigenvalue weighted by atomic mass is 9.89. The zero-order chi connectivity index (χ0) is 21.3. The van der Waals surface area contributed by atoms with E-state index < -0.39 is 9.84 Å². The number of hydrogen-bond donors (Lipinski definition) is 0. The molecule has 1 aliphatic heterocycles. The summed E-state index contributed by atoms with van der Waals surface area (Å²) < 4.78 is 29.7. The molecule has 2 aromatic carbocycles. The molecule has 6 nitrogen and oxygen atoms in total. The van der Waals surface area contributed by atoms with Gasteiger partial charge in [0.2, 0.25) is 0 Å². The van der Waals surface area contributed by atoms with Gasteiger partial charge in [-0.2, -0.15) is 0 Å². The molecule has 1 amide bonds. The van der Waals surface area contributed by atoms with Gasteiger partial charge in [0.25, 0.3) is 5.91 Å². The van der Waals surface area contributed by atoms with Crippen LogP contribution in [0, 0.1) is 5.92 Å². The third-order valence-corrected chi connectivity index (χ3v) is 6.32. The number of carbonyl (C=O) groups excluding carboxylic acids is 2. The highest BCUT2D eigenvalue weighted by molar-refractivity contribution is 7.89. The van der Waals surface area contributed by atoms with Gasteiger partial charge in [0.05, 0.1) is 5.75 Å². The standard InChI is InChI=1S/C23H23NO5S/c1-30(27,28)15-19-18-9-5-6-10-20(18)29-22(19)23(26)24-13-11-17(12-14-24)21(25)16-7-3-2-4-8-16/h2-10,17H,11-15H2,1H3. The van der Waals surface area contributed by atoms with Crippen LogP contribution < -0.4 is 0 Å². The van der Waals surface area contributed by atoms with E-state index >= 15 is 0 Å². The Hall–Kier alpha value is -2.93. The number of hydrogen-bond acceptors (Lipinski definition) is 5. The summed E-state index contributed by atoms with van der Waals surface area (Å²) in [7, 11) is -3.35. The second-order valence-corrected chi connectivity index (χ2v) is 9.91. The molecule has 0 atom stereocenters. The van der Waals surface area contributed by atoms with Gasteiger partial charge in [-0.05, 0) is 18.9 Å². The number of sulfone groups is 1. The summed E-state index contributed by atoms with van der Waals surface area (Å²) in [4.78, 5) is 27.5. The number of carbonyl (C=O) groups is 2. The third kappa shape index (κ3) is 4.16. The van der Waals surface area contributed by atoms with Crippen molar-refractivity contribution in [3.8, 4) is 0 Å². The molecular formula is C23H23NO5S. The Morgan fingerprint density at radius 1 is 1.00 bits per heavy atom. The number of Topliss-reactive ketones (excluding diaryl/α,β-unsaturated/α-hetero) is 1. The van der Waals surface area contributed by atoms with Gasteiger partial charge in [-0.15, -0.1) is 0 Å². The number of likely N-dealkylation sites (tertiary alicyclic amines) is 1. The van der Waals surface area contributed by atoms with E-state index in [2.05, 4.69) is 0 Å². The number of ketones is 1. The van der Waals surface area contributed by atoms with Crippen LogP contribution in [0.4, 0.5) is 0 Å². The first-order valence-electron chi connectivity index (χ1n) is 9.90. The van der Waals surface area contributed by atoms with Gasteiger partial charge in [-0.1, -0.05) is 48.5 Å². The van der Waals surface area contributed by atoms with Crippen LogP contribution in [0.1, 0.15) is 39.3 Å². The smallest absolute Gasteiger partial charge is 0.289 e. The third-order valence-electron chi connectivity index (χ3n) is 5.51. The van der Waals surface area contributed by atoms with Gasteiger partial charge in [0.1, 0.15) is 5.58 Å². The first-order chi connectivity index (χ1) is 14.3. The van der Waals surface area contributed by atoms with Crippen molar-refractivity contribution < 1.29 is 22.4 Å². The van der Waals surface area contributed by atoms with Crippen molar-refractivity contribution in [1.29, 1.82) is 0 Å². The molecule has 1 aliphatic rings. The molecule has 1 saturated heterocycles. The zero-order valence-corrected chi connectivity index (χ0v) is 17.5. The molecule has 0 aliphatic carbocycles. The predicted molar refractivity (Wildman–Crippen MR) is 114 cm³/mol. The van der Waals surface area contributed by atoms with Crippen molar-refractivity contribution in [3.05, 3.63) is 71.5 Å². The van der Waals surface area contributed by atoms with Crippen LogP contribution >= 0.6 is 0 Å². The Labute approximate surface area is 175 Å². The van der Waals surface area contributed by atoms with E-state index in [1.54, 1.807) is 29.2 Å². The summed E-state index contributed by atoms with van der Waals surface area (Å²) in [5.41, 5.74) is 1.59. The summed E-state index contributed by atoms with van der Waals surface area (Å²) in [6, 6.07) is 16.2. The zero-order valence-electron chi connectivity index (χ0n) is 16.7. The molecule has 0 bridgehead atoms. The van der Waals surface area contributed by atoms with E-state index in [4.69, 9.17) is 4.42 Å². The van der Waals surface area contributed by atoms with Crippen LogP contribution in [-0.2, 0) is 15.6 Å². The van der Waals surface area contributed by atoms with E-state index in [9.17, 15) is 18.0 Å². The number of fused-ring (bicyclic) bond motifs is 1. The maximum Gasteiger partial charge on any atom is 0.289 e. The fourth-order valence-corrected chi connectivity index (χ4v) is 4.81. The Balaban J connectivity index is 1.54. The average molecular weight is 426 g/mol. The van der Waals surface area contributed by atoms with Gasteiger partial charge in [0.15, 0.2) is 21.4 Å². The minimum absolute atomic E-state index is 0.0782. The number of furan rings is 1. The Morgan fingerprint density at radius 3 is 2.30 bits per heavy atom. The first kappa shape index (κ1) is 20.3. The lowest BCUT2D eigenvalue weighted by molar-refractivity contribution is 0.0625. The molecule has 2 heterocycles. The highest BCUT2D eigenvalue weighted by Gasteiger charge is 2.32. The highest BCUT2D eigenvalue weighted by atomic mass is 32.2. The van der Waals surface area contributed by atoms with Crippen molar-refractivity contribution in [2.75, 3.05) is 19.3 Å². The molecule has 156 valence electrons. The lowest BCUT2D eigenvalue weighted by Crippen LogP contribution is -2.40. The van der Waals surface area contributed by atoms with E-state index in [1.807, 2.05) is 30.3 Å². The van der Waals surface area contributed by atoms with Crippen LogP contribution in [0.3, 0.4) is 0 Å². The SMILES string of the molecule is CS(=O)(=O)Cc1c(C(=O)N2CCC(C(=O)c3ccccc3)CC2)oc2ccccc12. The summed E-state index contributed by atoms with van der Waals surface area (Å²) in [5, 5.41) is 0.639. The minimum atomic E-state index is -3.35. The number of piperidine rings is 1. The highest BCUT2D eigenvalue weighted by Crippen LogP contribution is 2.30. The molecule has 0 spiro atoms. The fraction of sp³-hybridized carbons (Fsp3) is 0.304. The molecule has 7 heteroatoms. The number of para-hydroxylation sites is 1. The van der Waals surface area contributed by atoms with Gasteiger partial charge >= 0.3 is 0 Å².